The second kappa shape index (κ2) is 6.39. The van der Waals surface area contributed by atoms with Crippen molar-refractivity contribution in [2.24, 2.45) is 5.92 Å². The summed E-state index contributed by atoms with van der Waals surface area (Å²) in [4.78, 5) is 11.9. The molecule has 4 nitrogen and oxygen atoms in total. The van der Waals surface area contributed by atoms with Crippen molar-refractivity contribution in [2.75, 3.05) is 6.54 Å². The smallest absolute Gasteiger partial charge is 0.251 e. The van der Waals surface area contributed by atoms with Gasteiger partial charge in [0.25, 0.3) is 5.91 Å². The fourth-order valence-electron chi connectivity index (χ4n) is 2.34. The summed E-state index contributed by atoms with van der Waals surface area (Å²) in [6.45, 7) is 0.627. The Kier molecular flexibility index (Phi) is 4.82. The lowest BCUT2D eigenvalue weighted by atomic mass is 9.87. The third-order valence-electron chi connectivity index (χ3n) is 3.58. The summed E-state index contributed by atoms with van der Waals surface area (Å²) in [5.41, 5.74) is 0.455. The van der Waals surface area contributed by atoms with Crippen molar-refractivity contribution in [3.8, 4) is 5.75 Å². The van der Waals surface area contributed by atoms with E-state index < -0.39 is 0 Å². The zero-order chi connectivity index (χ0) is 13.8. The molecule has 0 unspecified atom stereocenters. The molecule has 0 aliphatic heterocycles. The predicted molar refractivity (Wildman–Crippen MR) is 76.1 cm³/mol. The molecular weight excluding hydrogens is 310 g/mol. The Hall–Kier alpha value is -1.07. The van der Waals surface area contributed by atoms with Crippen LogP contribution in [0, 0.1) is 5.92 Å². The highest BCUT2D eigenvalue weighted by molar-refractivity contribution is 9.10. The van der Waals surface area contributed by atoms with Gasteiger partial charge < -0.3 is 15.5 Å². The Morgan fingerprint density at radius 3 is 2.63 bits per heavy atom. The molecule has 1 amide bonds. The first-order valence-corrected chi connectivity index (χ1v) is 7.30. The fraction of sp³-hybridized carbons (Fsp3) is 0.500. The second-order valence-corrected chi connectivity index (χ2v) is 5.91. The number of aliphatic hydroxyl groups excluding tert-OH is 1. The Morgan fingerprint density at radius 1 is 1.32 bits per heavy atom. The second-order valence-electron chi connectivity index (χ2n) is 5.05. The van der Waals surface area contributed by atoms with E-state index in [4.69, 9.17) is 0 Å². The van der Waals surface area contributed by atoms with Crippen LogP contribution < -0.4 is 5.32 Å². The Balaban J connectivity index is 1.85. The number of phenols is 1. The summed E-state index contributed by atoms with van der Waals surface area (Å²) in [7, 11) is 0. The molecule has 19 heavy (non-hydrogen) atoms. The monoisotopic (exact) mass is 327 g/mol. The van der Waals surface area contributed by atoms with Crippen LogP contribution >= 0.6 is 15.9 Å². The molecule has 0 spiro atoms. The molecule has 1 aromatic carbocycles. The standard InChI is InChI=1S/C14H18BrNO3/c15-12-6-3-10(7-13(12)18)14(19)16-8-9-1-4-11(17)5-2-9/h3,6-7,9,11,17-18H,1-2,4-5,8H2,(H,16,19). The van der Waals surface area contributed by atoms with Crippen molar-refractivity contribution in [3.05, 3.63) is 28.2 Å². The molecule has 0 bridgehead atoms. The molecule has 1 aliphatic rings. The normalized spacial score (nSPS) is 23.1. The van der Waals surface area contributed by atoms with Crippen LogP contribution in [0.15, 0.2) is 22.7 Å². The van der Waals surface area contributed by atoms with Crippen LogP contribution in [-0.4, -0.2) is 28.8 Å². The molecule has 1 aliphatic carbocycles. The van der Waals surface area contributed by atoms with Gasteiger partial charge in [-0.3, -0.25) is 4.79 Å². The first-order chi connectivity index (χ1) is 9.06. The third kappa shape index (κ3) is 3.94. The molecule has 3 N–H and O–H groups in total. The highest BCUT2D eigenvalue weighted by Gasteiger charge is 2.20. The molecule has 1 aromatic rings. The predicted octanol–water partition coefficient (Wildman–Crippen LogP) is 2.44. The van der Waals surface area contributed by atoms with Crippen LogP contribution in [0.1, 0.15) is 36.0 Å². The number of halogens is 1. The van der Waals surface area contributed by atoms with Crippen LogP contribution in [0.2, 0.25) is 0 Å². The molecule has 0 heterocycles. The van der Waals surface area contributed by atoms with Crippen molar-refractivity contribution >= 4 is 21.8 Å². The van der Waals surface area contributed by atoms with E-state index in [0.29, 0.717) is 22.5 Å². The number of carbonyl (C=O) groups excluding carboxylic acids is 1. The number of rotatable bonds is 3. The summed E-state index contributed by atoms with van der Waals surface area (Å²) < 4.78 is 0.574. The molecule has 0 aromatic heterocycles. The topological polar surface area (TPSA) is 69.6 Å². The van der Waals surface area contributed by atoms with E-state index in [2.05, 4.69) is 21.2 Å². The van der Waals surface area contributed by atoms with Gasteiger partial charge in [-0.25, -0.2) is 0 Å². The van der Waals surface area contributed by atoms with Crippen molar-refractivity contribution in [1.82, 2.24) is 5.32 Å². The number of aliphatic hydroxyl groups is 1. The molecular formula is C14H18BrNO3. The lowest BCUT2D eigenvalue weighted by Crippen LogP contribution is -2.32. The third-order valence-corrected chi connectivity index (χ3v) is 4.25. The Bertz CT molecular complexity index is 456. The zero-order valence-corrected chi connectivity index (χ0v) is 12.2. The molecule has 104 valence electrons. The lowest BCUT2D eigenvalue weighted by molar-refractivity contribution is 0.0910. The van der Waals surface area contributed by atoms with Gasteiger partial charge in [0.05, 0.1) is 10.6 Å². The van der Waals surface area contributed by atoms with Gasteiger partial charge in [-0.15, -0.1) is 0 Å². The maximum absolute atomic E-state index is 11.9. The number of phenolic OH excluding ortho intramolecular Hbond substituents is 1. The summed E-state index contributed by atoms with van der Waals surface area (Å²) in [6.07, 6.45) is 3.37. The first-order valence-electron chi connectivity index (χ1n) is 6.51. The number of carbonyl (C=O) groups is 1. The number of hydrogen-bond donors (Lipinski definition) is 3. The van der Waals surface area contributed by atoms with Crippen molar-refractivity contribution < 1.29 is 15.0 Å². The molecule has 1 fully saturated rings. The van der Waals surface area contributed by atoms with Crippen LogP contribution in [0.25, 0.3) is 0 Å². The molecule has 5 heteroatoms. The Labute approximate surface area is 121 Å². The number of benzene rings is 1. The van der Waals surface area contributed by atoms with Crippen LogP contribution in [0.3, 0.4) is 0 Å². The van der Waals surface area contributed by atoms with Crippen molar-refractivity contribution in [3.63, 3.8) is 0 Å². The fourth-order valence-corrected chi connectivity index (χ4v) is 2.59. The average molecular weight is 328 g/mol. The van der Waals surface area contributed by atoms with E-state index in [1.807, 2.05) is 0 Å². The summed E-state index contributed by atoms with van der Waals surface area (Å²) in [5.74, 6) is 0.332. The number of amides is 1. The molecule has 1 saturated carbocycles. The van der Waals surface area contributed by atoms with Gasteiger partial charge in [0, 0.05) is 12.1 Å². The zero-order valence-electron chi connectivity index (χ0n) is 10.6. The van der Waals surface area contributed by atoms with Crippen molar-refractivity contribution in [2.45, 2.75) is 31.8 Å². The Morgan fingerprint density at radius 2 is 2.00 bits per heavy atom. The summed E-state index contributed by atoms with van der Waals surface area (Å²) in [6, 6.07) is 4.77. The van der Waals surface area contributed by atoms with E-state index in [-0.39, 0.29) is 17.8 Å². The number of hydrogen-bond acceptors (Lipinski definition) is 3. The number of nitrogens with one attached hydrogen (secondary N) is 1. The lowest BCUT2D eigenvalue weighted by Gasteiger charge is -2.25. The summed E-state index contributed by atoms with van der Waals surface area (Å²) in [5, 5.41) is 21.8. The highest BCUT2D eigenvalue weighted by atomic mass is 79.9. The van der Waals surface area contributed by atoms with Gasteiger partial charge in [-0.05, 0) is 65.7 Å². The largest absolute Gasteiger partial charge is 0.507 e. The minimum absolute atomic E-state index is 0.0634. The minimum atomic E-state index is -0.172. The van der Waals surface area contributed by atoms with Gasteiger partial charge in [-0.2, -0.15) is 0 Å². The van der Waals surface area contributed by atoms with E-state index >= 15 is 0 Å². The quantitative estimate of drug-likeness (QED) is 0.798. The molecule has 0 radical (unpaired) electrons. The number of aromatic hydroxyl groups is 1. The average Bonchev–Trinajstić information content (AvgIpc) is 2.41. The minimum Gasteiger partial charge on any atom is -0.507 e. The van der Waals surface area contributed by atoms with Gasteiger partial charge in [0.1, 0.15) is 5.75 Å². The summed E-state index contributed by atoms with van der Waals surface area (Å²) >= 11 is 3.18. The van der Waals surface area contributed by atoms with Gasteiger partial charge in [-0.1, -0.05) is 0 Å². The van der Waals surface area contributed by atoms with Gasteiger partial charge >= 0.3 is 0 Å². The first kappa shape index (κ1) is 14.3. The van der Waals surface area contributed by atoms with Crippen molar-refractivity contribution in [1.29, 1.82) is 0 Å². The van der Waals surface area contributed by atoms with Crippen LogP contribution in [0.4, 0.5) is 0 Å². The maximum atomic E-state index is 11.9. The molecule has 0 saturated heterocycles. The van der Waals surface area contributed by atoms with Crippen LogP contribution in [0.5, 0.6) is 5.75 Å². The van der Waals surface area contributed by atoms with E-state index in [1.165, 1.54) is 6.07 Å². The van der Waals surface area contributed by atoms with E-state index in [0.717, 1.165) is 25.7 Å². The van der Waals surface area contributed by atoms with E-state index in [1.54, 1.807) is 12.1 Å². The molecule has 0 atom stereocenters. The maximum Gasteiger partial charge on any atom is 0.251 e. The highest BCUT2D eigenvalue weighted by Crippen LogP contribution is 2.25. The van der Waals surface area contributed by atoms with Crippen LogP contribution in [-0.2, 0) is 0 Å². The van der Waals surface area contributed by atoms with Gasteiger partial charge in [0.15, 0.2) is 0 Å². The van der Waals surface area contributed by atoms with Gasteiger partial charge in [0.2, 0.25) is 0 Å². The van der Waals surface area contributed by atoms with E-state index in [9.17, 15) is 15.0 Å². The SMILES string of the molecule is O=C(NCC1CCC(O)CC1)c1ccc(Br)c(O)c1. The molecule has 2 rings (SSSR count).